The fourth-order valence-corrected chi connectivity index (χ4v) is 3.16. The molecule has 0 spiro atoms. The summed E-state index contributed by atoms with van der Waals surface area (Å²) in [6.45, 7) is 2.28. The molecule has 0 aliphatic rings. The van der Waals surface area contributed by atoms with E-state index < -0.39 is 7.25 Å². The average molecular weight is 337 g/mol. The molecular formula is C12H27BF4Se. The molecule has 0 rings (SSSR count). The van der Waals surface area contributed by atoms with Gasteiger partial charge in [0.1, 0.15) is 0 Å². The summed E-state index contributed by atoms with van der Waals surface area (Å²) in [5, 5.41) is 1.55. The van der Waals surface area contributed by atoms with E-state index >= 15 is 0 Å². The van der Waals surface area contributed by atoms with Gasteiger partial charge in [-0.3, -0.25) is 0 Å². The molecule has 0 N–H and O–H groups in total. The van der Waals surface area contributed by atoms with Gasteiger partial charge in [0.25, 0.3) is 0 Å². The van der Waals surface area contributed by atoms with Crippen molar-refractivity contribution < 1.29 is 17.3 Å². The number of halogens is 4. The van der Waals surface area contributed by atoms with E-state index in [-0.39, 0.29) is 13.9 Å². The zero-order chi connectivity index (χ0) is 14.4. The maximum atomic E-state index is 9.75. The van der Waals surface area contributed by atoms with Crippen molar-refractivity contribution >= 4 is 21.2 Å². The van der Waals surface area contributed by atoms with Gasteiger partial charge in [-0.1, -0.05) is 0 Å². The third-order valence-electron chi connectivity index (χ3n) is 2.41. The van der Waals surface area contributed by atoms with Gasteiger partial charge in [-0.2, -0.15) is 0 Å². The largest absolute Gasteiger partial charge is 0.673 e. The Hall–Kier alpha value is 0.304. The van der Waals surface area contributed by atoms with E-state index in [1.54, 1.807) is 5.32 Å². The van der Waals surface area contributed by atoms with Crippen LogP contribution in [0.25, 0.3) is 0 Å². The van der Waals surface area contributed by atoms with Crippen molar-refractivity contribution in [1.82, 2.24) is 0 Å². The Morgan fingerprint density at radius 3 is 1.39 bits per heavy atom. The van der Waals surface area contributed by atoms with Gasteiger partial charge >= 0.3 is 96.4 Å². The zero-order valence-corrected chi connectivity index (χ0v) is 13.6. The molecule has 0 bridgehead atoms. The van der Waals surface area contributed by atoms with Gasteiger partial charge in [0.15, 0.2) is 0 Å². The third kappa shape index (κ3) is 36.0. The Bertz CT molecular complexity index is 157. The van der Waals surface area contributed by atoms with Crippen molar-refractivity contribution in [3.8, 4) is 0 Å². The molecule has 18 heavy (non-hydrogen) atoms. The van der Waals surface area contributed by atoms with Crippen molar-refractivity contribution in [2.75, 3.05) is 0 Å². The minimum atomic E-state index is -6.00. The number of hydrogen-bond donors (Lipinski definition) is 0. The van der Waals surface area contributed by atoms with E-state index in [0.717, 1.165) is 0 Å². The number of unbranched alkanes of at least 4 members (excludes halogenated alkanes) is 7. The van der Waals surface area contributed by atoms with Crippen LogP contribution in [-0.2, 0) is 0 Å². The maximum Gasteiger partial charge on any atom is 0.673 e. The van der Waals surface area contributed by atoms with Crippen LogP contribution in [0, 0.1) is 0 Å². The van der Waals surface area contributed by atoms with E-state index in [1.807, 2.05) is 0 Å². The predicted octanol–water partition coefficient (Wildman–Crippen LogP) is 6.18. The summed E-state index contributed by atoms with van der Waals surface area (Å²) in [5.41, 5.74) is 0. The molecule has 0 amide bonds. The van der Waals surface area contributed by atoms with Crippen LogP contribution < -0.4 is 0 Å². The van der Waals surface area contributed by atoms with E-state index in [2.05, 4.69) is 18.6 Å². The second-order valence-corrected chi connectivity index (χ2v) is 9.65. The molecule has 0 fully saturated rings. The summed E-state index contributed by atoms with van der Waals surface area (Å²) in [6, 6.07) is 0. The van der Waals surface area contributed by atoms with Gasteiger partial charge < -0.3 is 17.3 Å². The first-order chi connectivity index (χ1) is 8.27. The van der Waals surface area contributed by atoms with E-state index in [1.165, 1.54) is 51.4 Å². The van der Waals surface area contributed by atoms with Crippen molar-refractivity contribution in [2.24, 2.45) is 0 Å². The fraction of sp³-hybridized carbons (Fsp3) is 1.00. The topological polar surface area (TPSA) is 0 Å². The van der Waals surface area contributed by atoms with Crippen molar-refractivity contribution in [3.63, 3.8) is 0 Å². The standard InChI is InChI=1S/C12H27Se.BF4/c1-4-5-6-7-8-9-10-11-12-13(2)3;2-1(3,4)5/h4-12H2,1-3H3;/q+1;-1. The van der Waals surface area contributed by atoms with Crippen LogP contribution in [0.2, 0.25) is 17.0 Å². The van der Waals surface area contributed by atoms with Crippen LogP contribution in [0.3, 0.4) is 0 Å². The maximum absolute atomic E-state index is 9.75. The molecule has 112 valence electrons. The molecule has 0 aromatic rings. The summed E-state index contributed by atoms with van der Waals surface area (Å²) in [4.78, 5) is 0. The molecule has 0 unspecified atom stereocenters. The first-order valence-electron chi connectivity index (χ1n) is 6.69. The van der Waals surface area contributed by atoms with Crippen molar-refractivity contribution in [3.05, 3.63) is 0 Å². The third-order valence-corrected chi connectivity index (χ3v) is 4.72. The van der Waals surface area contributed by atoms with Gasteiger partial charge in [-0.15, -0.1) is 0 Å². The minimum absolute atomic E-state index is 0.126. The average Bonchev–Trinajstić information content (AvgIpc) is 2.19. The van der Waals surface area contributed by atoms with Crippen LogP contribution in [0.15, 0.2) is 0 Å². The van der Waals surface area contributed by atoms with Gasteiger partial charge in [-0.25, -0.2) is 0 Å². The molecule has 0 aromatic carbocycles. The van der Waals surface area contributed by atoms with Crippen LogP contribution in [-0.4, -0.2) is 21.2 Å². The fourth-order valence-electron chi connectivity index (χ4n) is 1.52. The molecule has 0 atom stereocenters. The van der Waals surface area contributed by atoms with Crippen molar-refractivity contribution in [2.45, 2.75) is 75.3 Å². The molecular weight excluding hydrogens is 310 g/mol. The summed E-state index contributed by atoms with van der Waals surface area (Å²) >= 11 is -0.126. The van der Waals surface area contributed by atoms with Crippen LogP contribution >= 0.6 is 0 Å². The molecule has 0 saturated heterocycles. The number of rotatable bonds is 9. The molecule has 0 saturated carbocycles. The van der Waals surface area contributed by atoms with Crippen LogP contribution in [0.1, 0.15) is 58.3 Å². The minimum Gasteiger partial charge on any atom is -0.418 e. The van der Waals surface area contributed by atoms with Gasteiger partial charge in [0.2, 0.25) is 0 Å². The Kier molecular flexibility index (Phi) is 15.7. The Balaban J connectivity index is 0. The molecule has 0 radical (unpaired) electrons. The molecule has 0 heterocycles. The molecule has 0 nitrogen and oxygen atoms in total. The van der Waals surface area contributed by atoms with Gasteiger partial charge in [0.05, 0.1) is 0 Å². The number of hydrogen-bond acceptors (Lipinski definition) is 0. The summed E-state index contributed by atoms with van der Waals surface area (Å²) in [6.07, 6.45) is 11.7. The van der Waals surface area contributed by atoms with Gasteiger partial charge in [0, 0.05) is 0 Å². The first-order valence-corrected chi connectivity index (χ1v) is 11.3. The van der Waals surface area contributed by atoms with Crippen LogP contribution in [0.4, 0.5) is 17.3 Å². The summed E-state index contributed by atoms with van der Waals surface area (Å²) in [5.74, 6) is 4.89. The van der Waals surface area contributed by atoms with Crippen molar-refractivity contribution in [1.29, 1.82) is 0 Å². The zero-order valence-electron chi connectivity index (χ0n) is 11.9. The van der Waals surface area contributed by atoms with E-state index in [9.17, 15) is 17.3 Å². The second kappa shape index (κ2) is 13.7. The second-order valence-electron chi connectivity index (χ2n) is 4.66. The molecule has 0 aliphatic heterocycles. The predicted molar refractivity (Wildman–Crippen MR) is 75.1 cm³/mol. The monoisotopic (exact) mass is 338 g/mol. The van der Waals surface area contributed by atoms with Gasteiger partial charge in [-0.05, 0) is 0 Å². The Labute approximate surface area is 114 Å². The van der Waals surface area contributed by atoms with Crippen LogP contribution in [0.5, 0.6) is 0 Å². The molecule has 0 aliphatic carbocycles. The SMILES string of the molecule is CCCCCCCCCC[Se+](C)C.F[B-](F)(F)F. The smallest absolute Gasteiger partial charge is 0.418 e. The normalized spacial score (nSPS) is 11.3. The van der Waals surface area contributed by atoms with E-state index in [4.69, 9.17) is 0 Å². The summed E-state index contributed by atoms with van der Waals surface area (Å²) in [7, 11) is -6.00. The quantitative estimate of drug-likeness (QED) is 0.268. The summed E-state index contributed by atoms with van der Waals surface area (Å²) < 4.78 is 39.0. The molecule has 6 heteroatoms. The Morgan fingerprint density at radius 2 is 1.06 bits per heavy atom. The molecule has 0 aromatic heterocycles. The first kappa shape index (κ1) is 20.6. The Morgan fingerprint density at radius 1 is 0.722 bits per heavy atom. The van der Waals surface area contributed by atoms with E-state index in [0.29, 0.717) is 0 Å².